The molecule has 1 fully saturated rings. The molecule has 0 bridgehead atoms. The summed E-state index contributed by atoms with van der Waals surface area (Å²) in [4.78, 5) is 24.6. The van der Waals surface area contributed by atoms with Crippen LogP contribution in [0.25, 0.3) is 0 Å². The third kappa shape index (κ3) is 3.81. The highest BCUT2D eigenvalue weighted by atomic mass is 15.4. The second-order valence-corrected chi connectivity index (χ2v) is 6.32. The van der Waals surface area contributed by atoms with Crippen molar-refractivity contribution in [2.45, 2.75) is 6.92 Å². The van der Waals surface area contributed by atoms with E-state index in [0.29, 0.717) is 0 Å². The highest BCUT2D eigenvalue weighted by molar-refractivity contribution is 5.60. The van der Waals surface area contributed by atoms with Gasteiger partial charge in [0.15, 0.2) is 0 Å². The largest absolute Gasteiger partial charge is 0.337 e. The van der Waals surface area contributed by atoms with Gasteiger partial charge in [0.1, 0.15) is 5.82 Å². The van der Waals surface area contributed by atoms with E-state index in [1.54, 1.807) is 12.4 Å². The number of piperazine rings is 1. The van der Waals surface area contributed by atoms with Crippen molar-refractivity contribution in [3.05, 3.63) is 61.1 Å². The van der Waals surface area contributed by atoms with Gasteiger partial charge in [0.05, 0.1) is 0 Å². The second kappa shape index (κ2) is 7.99. The van der Waals surface area contributed by atoms with E-state index in [1.807, 2.05) is 36.5 Å². The quantitative estimate of drug-likeness (QED) is 0.692. The van der Waals surface area contributed by atoms with Gasteiger partial charge >= 0.3 is 0 Å². The summed E-state index contributed by atoms with van der Waals surface area (Å²) in [5.74, 6) is 2.48. The Bertz CT molecular complexity index is 848. The van der Waals surface area contributed by atoms with Gasteiger partial charge in [0.2, 0.25) is 11.9 Å². The Labute approximate surface area is 159 Å². The normalized spacial score (nSPS) is 14.3. The zero-order valence-corrected chi connectivity index (χ0v) is 15.4. The smallest absolute Gasteiger partial charge is 0.227 e. The second-order valence-electron chi connectivity index (χ2n) is 6.32. The fourth-order valence-electron chi connectivity index (χ4n) is 3.29. The van der Waals surface area contributed by atoms with Crippen molar-refractivity contribution >= 4 is 23.4 Å². The van der Waals surface area contributed by atoms with Crippen LogP contribution in [0.1, 0.15) is 6.92 Å². The molecular weight excluding hydrogens is 338 g/mol. The molecule has 4 rings (SSSR count). The van der Waals surface area contributed by atoms with Crippen LogP contribution in [0.15, 0.2) is 61.1 Å². The fourth-order valence-corrected chi connectivity index (χ4v) is 3.29. The fraction of sp³-hybridized carbons (Fsp3) is 0.300. The lowest BCUT2D eigenvalue weighted by molar-refractivity contribution is 0.627. The van der Waals surface area contributed by atoms with Gasteiger partial charge in [-0.3, -0.25) is 0 Å². The molecule has 1 saturated heterocycles. The van der Waals surface area contributed by atoms with Gasteiger partial charge in [-0.05, 0) is 31.2 Å². The van der Waals surface area contributed by atoms with Crippen LogP contribution in [0.5, 0.6) is 0 Å². The van der Waals surface area contributed by atoms with Crippen LogP contribution in [-0.4, -0.2) is 52.7 Å². The topological polar surface area (TPSA) is 61.3 Å². The lowest BCUT2D eigenvalue weighted by atomic mass is 10.3. The minimum absolute atomic E-state index is 0.774. The van der Waals surface area contributed by atoms with E-state index in [-0.39, 0.29) is 0 Å². The Morgan fingerprint density at radius 1 is 0.778 bits per heavy atom. The Kier molecular flexibility index (Phi) is 5.09. The average molecular weight is 361 g/mol. The summed E-state index contributed by atoms with van der Waals surface area (Å²) in [7, 11) is 0. The van der Waals surface area contributed by atoms with Gasteiger partial charge in [-0.25, -0.2) is 15.0 Å². The highest BCUT2D eigenvalue weighted by Gasteiger charge is 2.21. The molecule has 0 N–H and O–H groups in total. The van der Waals surface area contributed by atoms with Crippen molar-refractivity contribution in [1.29, 1.82) is 0 Å². The number of anilines is 4. The lowest BCUT2D eigenvalue weighted by Crippen LogP contribution is -2.47. The molecule has 7 heteroatoms. The number of hydrogen-bond acceptors (Lipinski definition) is 7. The van der Waals surface area contributed by atoms with Gasteiger partial charge in [-0.1, -0.05) is 18.2 Å². The number of para-hydroxylation sites is 1. The van der Waals surface area contributed by atoms with E-state index >= 15 is 0 Å². The average Bonchev–Trinajstić information content (AvgIpc) is 2.76. The van der Waals surface area contributed by atoms with E-state index in [4.69, 9.17) is 4.98 Å². The van der Waals surface area contributed by atoms with Crippen LogP contribution in [0.4, 0.5) is 23.4 Å². The van der Waals surface area contributed by atoms with Gasteiger partial charge in [0, 0.05) is 57.0 Å². The first-order valence-electron chi connectivity index (χ1n) is 9.27. The molecule has 0 unspecified atom stereocenters. The van der Waals surface area contributed by atoms with E-state index in [0.717, 1.165) is 56.1 Å². The van der Waals surface area contributed by atoms with Crippen LogP contribution in [-0.2, 0) is 0 Å². The Morgan fingerprint density at radius 2 is 1.41 bits per heavy atom. The summed E-state index contributed by atoms with van der Waals surface area (Å²) in [5, 5.41) is 0. The Balaban J connectivity index is 1.48. The van der Waals surface area contributed by atoms with Crippen LogP contribution in [0.3, 0.4) is 0 Å². The SMILES string of the molecule is CCN(c1ccccc1)c1ccnc(N2CCN(c3ncccn3)CC2)n1. The zero-order valence-electron chi connectivity index (χ0n) is 15.4. The predicted molar refractivity (Wildman–Crippen MR) is 108 cm³/mol. The molecule has 3 aromatic rings. The summed E-state index contributed by atoms with van der Waals surface area (Å²) in [5.41, 5.74) is 1.13. The number of nitrogens with zero attached hydrogens (tertiary/aromatic N) is 7. The van der Waals surface area contributed by atoms with Crippen molar-refractivity contribution in [2.75, 3.05) is 47.4 Å². The molecule has 0 radical (unpaired) electrons. The van der Waals surface area contributed by atoms with E-state index in [9.17, 15) is 0 Å². The lowest BCUT2D eigenvalue weighted by Gasteiger charge is -2.35. The van der Waals surface area contributed by atoms with Crippen molar-refractivity contribution < 1.29 is 0 Å². The molecule has 0 amide bonds. The third-order valence-corrected chi connectivity index (χ3v) is 4.69. The molecule has 0 atom stereocenters. The molecule has 0 spiro atoms. The summed E-state index contributed by atoms with van der Waals surface area (Å²) in [6.45, 7) is 6.38. The molecule has 138 valence electrons. The van der Waals surface area contributed by atoms with E-state index in [2.05, 4.69) is 48.7 Å². The first-order valence-corrected chi connectivity index (χ1v) is 9.27. The Morgan fingerprint density at radius 3 is 2.07 bits per heavy atom. The first-order chi connectivity index (χ1) is 13.3. The number of rotatable bonds is 5. The van der Waals surface area contributed by atoms with Crippen LogP contribution >= 0.6 is 0 Å². The van der Waals surface area contributed by atoms with Crippen molar-refractivity contribution in [3.63, 3.8) is 0 Å². The van der Waals surface area contributed by atoms with Crippen molar-refractivity contribution in [1.82, 2.24) is 19.9 Å². The minimum atomic E-state index is 0.774. The third-order valence-electron chi connectivity index (χ3n) is 4.69. The highest BCUT2D eigenvalue weighted by Crippen LogP contribution is 2.24. The molecule has 0 saturated carbocycles. The molecule has 1 aliphatic rings. The zero-order chi connectivity index (χ0) is 18.5. The van der Waals surface area contributed by atoms with Crippen molar-refractivity contribution in [3.8, 4) is 0 Å². The molecule has 0 aliphatic carbocycles. The van der Waals surface area contributed by atoms with Crippen molar-refractivity contribution in [2.24, 2.45) is 0 Å². The standard InChI is InChI=1S/C20H23N7/c1-2-27(17-7-4-3-5-8-17)18-9-12-23-20(24-18)26-15-13-25(14-16-26)19-21-10-6-11-22-19/h3-12H,2,13-16H2,1H3. The van der Waals surface area contributed by atoms with Gasteiger partial charge in [-0.15, -0.1) is 0 Å². The van der Waals surface area contributed by atoms with Crippen LogP contribution in [0, 0.1) is 0 Å². The number of aromatic nitrogens is 4. The van der Waals surface area contributed by atoms with Crippen LogP contribution in [0.2, 0.25) is 0 Å². The maximum Gasteiger partial charge on any atom is 0.227 e. The molecular formula is C20H23N7. The summed E-state index contributed by atoms with van der Waals surface area (Å²) in [6.07, 6.45) is 5.41. The number of benzene rings is 1. The monoisotopic (exact) mass is 361 g/mol. The summed E-state index contributed by atoms with van der Waals surface area (Å²) in [6, 6.07) is 14.1. The molecule has 1 aromatic carbocycles. The van der Waals surface area contributed by atoms with E-state index < -0.39 is 0 Å². The maximum atomic E-state index is 4.83. The Hall–Kier alpha value is -3.22. The van der Waals surface area contributed by atoms with Gasteiger partial charge in [0.25, 0.3) is 0 Å². The molecule has 3 heterocycles. The van der Waals surface area contributed by atoms with Gasteiger partial charge < -0.3 is 14.7 Å². The summed E-state index contributed by atoms with van der Waals surface area (Å²) < 4.78 is 0. The van der Waals surface area contributed by atoms with Crippen LogP contribution < -0.4 is 14.7 Å². The predicted octanol–water partition coefficient (Wildman–Crippen LogP) is 2.75. The molecule has 2 aromatic heterocycles. The number of hydrogen-bond donors (Lipinski definition) is 0. The maximum absolute atomic E-state index is 4.83. The molecule has 7 nitrogen and oxygen atoms in total. The molecule has 1 aliphatic heterocycles. The van der Waals surface area contributed by atoms with E-state index in [1.165, 1.54) is 0 Å². The summed E-state index contributed by atoms with van der Waals surface area (Å²) >= 11 is 0. The van der Waals surface area contributed by atoms with Gasteiger partial charge in [-0.2, -0.15) is 4.98 Å². The first kappa shape index (κ1) is 17.2. The molecule has 27 heavy (non-hydrogen) atoms. The minimum Gasteiger partial charge on any atom is -0.337 e.